The van der Waals surface area contributed by atoms with Gasteiger partial charge in [-0.15, -0.1) is 13.2 Å². The van der Waals surface area contributed by atoms with Crippen LogP contribution in [0.1, 0.15) is 13.3 Å². The van der Waals surface area contributed by atoms with Crippen molar-refractivity contribution in [2.75, 3.05) is 7.11 Å². The van der Waals surface area contributed by atoms with Gasteiger partial charge in [0, 0.05) is 5.92 Å². The molecule has 3 heterocycles. The predicted molar refractivity (Wildman–Crippen MR) is 94.2 cm³/mol. The van der Waals surface area contributed by atoms with E-state index in [4.69, 9.17) is 18.9 Å². The van der Waals surface area contributed by atoms with Gasteiger partial charge in [0.2, 0.25) is 0 Å². The Balaban J connectivity index is 1.70. The lowest BCUT2D eigenvalue weighted by atomic mass is 9.87. The van der Waals surface area contributed by atoms with Crippen molar-refractivity contribution in [2.45, 2.75) is 37.8 Å². The van der Waals surface area contributed by atoms with Crippen molar-refractivity contribution >= 4 is 17.9 Å². The third-order valence-electron chi connectivity index (χ3n) is 5.60. The summed E-state index contributed by atoms with van der Waals surface area (Å²) in [5.41, 5.74) is 0. The Bertz CT molecular complexity index is 682. The molecular weight excluding hydrogens is 352 g/mol. The van der Waals surface area contributed by atoms with Gasteiger partial charge in [-0.05, 0) is 6.42 Å². The van der Waals surface area contributed by atoms with E-state index in [1.807, 2.05) is 13.0 Å². The third kappa shape index (κ3) is 3.37. The molecule has 3 rings (SSSR count). The second-order valence-corrected chi connectivity index (χ2v) is 7.04. The van der Waals surface area contributed by atoms with E-state index < -0.39 is 48.0 Å². The number of methoxy groups -OCH3 is 1. The smallest absolute Gasteiger partial charge is 0.320 e. The normalized spacial score (nSPS) is 40.8. The second-order valence-electron chi connectivity index (χ2n) is 7.04. The molecule has 0 aromatic heterocycles. The van der Waals surface area contributed by atoms with Gasteiger partial charge in [0.1, 0.15) is 5.92 Å². The molecule has 0 aromatic carbocycles. The fraction of sp³-hybridized carbons (Fsp3) is 0.550. The predicted octanol–water partition coefficient (Wildman–Crippen LogP) is 1.58. The molecule has 8 unspecified atom stereocenters. The quantitative estimate of drug-likeness (QED) is 0.395. The van der Waals surface area contributed by atoms with E-state index in [0.29, 0.717) is 6.42 Å². The lowest BCUT2D eigenvalue weighted by molar-refractivity contribution is -0.157. The van der Waals surface area contributed by atoms with Crippen LogP contribution in [0.15, 0.2) is 37.5 Å². The fourth-order valence-electron chi connectivity index (χ4n) is 4.19. The van der Waals surface area contributed by atoms with E-state index in [2.05, 4.69) is 13.2 Å². The molecule has 0 bridgehead atoms. The lowest BCUT2D eigenvalue weighted by Crippen LogP contribution is -2.28. The Hall–Kier alpha value is -2.25. The number of rotatable bonds is 6. The van der Waals surface area contributed by atoms with Gasteiger partial charge in [0.15, 0.2) is 0 Å². The van der Waals surface area contributed by atoms with Crippen molar-refractivity contribution in [1.82, 2.24) is 0 Å². The number of ether oxygens (including phenoxy) is 4. The first-order chi connectivity index (χ1) is 12.9. The number of fused-ring (bicyclic) bond motifs is 1. The van der Waals surface area contributed by atoms with E-state index in [1.54, 1.807) is 12.2 Å². The van der Waals surface area contributed by atoms with E-state index in [1.165, 1.54) is 13.2 Å². The summed E-state index contributed by atoms with van der Waals surface area (Å²) in [6.07, 6.45) is 5.43. The molecular formula is C20H24O7. The third-order valence-corrected chi connectivity index (χ3v) is 5.60. The molecule has 146 valence electrons. The van der Waals surface area contributed by atoms with E-state index >= 15 is 0 Å². The van der Waals surface area contributed by atoms with Gasteiger partial charge in [-0.3, -0.25) is 14.4 Å². The van der Waals surface area contributed by atoms with Crippen molar-refractivity contribution in [2.24, 2.45) is 23.7 Å². The van der Waals surface area contributed by atoms with Gasteiger partial charge in [-0.2, -0.15) is 0 Å². The maximum atomic E-state index is 12.1. The monoisotopic (exact) mass is 376 g/mol. The molecule has 0 saturated carbocycles. The molecule has 0 aromatic rings. The van der Waals surface area contributed by atoms with Crippen LogP contribution in [0, 0.1) is 23.7 Å². The lowest BCUT2D eigenvalue weighted by Gasteiger charge is -2.16. The van der Waals surface area contributed by atoms with Crippen LogP contribution in [0.3, 0.4) is 0 Å². The number of carbonyl (C=O) groups is 3. The van der Waals surface area contributed by atoms with Crippen LogP contribution in [-0.4, -0.2) is 49.4 Å². The summed E-state index contributed by atoms with van der Waals surface area (Å²) in [6.45, 7) is 9.33. The van der Waals surface area contributed by atoms with Crippen molar-refractivity contribution < 1.29 is 33.3 Å². The van der Waals surface area contributed by atoms with Gasteiger partial charge in [0.25, 0.3) is 0 Å². The van der Waals surface area contributed by atoms with Gasteiger partial charge >= 0.3 is 17.9 Å². The van der Waals surface area contributed by atoms with Crippen LogP contribution < -0.4 is 0 Å². The molecule has 0 N–H and O–H groups in total. The minimum atomic E-state index is -0.635. The Morgan fingerprint density at radius 1 is 1.07 bits per heavy atom. The van der Waals surface area contributed by atoms with E-state index in [0.717, 1.165) is 0 Å². The molecule has 0 aliphatic carbocycles. The Morgan fingerprint density at radius 2 is 1.74 bits per heavy atom. The molecule has 27 heavy (non-hydrogen) atoms. The Kier molecular flexibility index (Phi) is 5.62. The molecule has 3 aliphatic heterocycles. The molecule has 0 amide bonds. The highest BCUT2D eigenvalue weighted by Crippen LogP contribution is 2.41. The zero-order chi connectivity index (χ0) is 19.7. The summed E-state index contributed by atoms with van der Waals surface area (Å²) >= 11 is 0. The average Bonchev–Trinajstić information content (AvgIpc) is 3.27. The van der Waals surface area contributed by atoms with Gasteiger partial charge in [-0.1, -0.05) is 31.2 Å². The maximum absolute atomic E-state index is 12.1. The van der Waals surface area contributed by atoms with E-state index in [-0.39, 0.29) is 18.0 Å². The van der Waals surface area contributed by atoms with Crippen LogP contribution in [0.2, 0.25) is 0 Å². The first-order valence-electron chi connectivity index (χ1n) is 8.99. The van der Waals surface area contributed by atoms with Crippen LogP contribution in [0.5, 0.6) is 0 Å². The summed E-state index contributed by atoms with van der Waals surface area (Å²) < 4.78 is 21.3. The second kappa shape index (κ2) is 7.78. The fourth-order valence-corrected chi connectivity index (χ4v) is 4.19. The Labute approximate surface area is 158 Å². The van der Waals surface area contributed by atoms with Crippen LogP contribution >= 0.6 is 0 Å². The highest BCUT2D eigenvalue weighted by atomic mass is 16.6. The molecule has 0 spiro atoms. The highest BCUT2D eigenvalue weighted by Gasteiger charge is 2.57. The highest BCUT2D eigenvalue weighted by molar-refractivity contribution is 5.97. The van der Waals surface area contributed by atoms with Crippen LogP contribution in [-0.2, 0) is 33.3 Å². The molecule has 7 heteroatoms. The summed E-state index contributed by atoms with van der Waals surface area (Å²) in [5.74, 6) is -3.23. The minimum Gasteiger partial charge on any atom is -0.469 e. The summed E-state index contributed by atoms with van der Waals surface area (Å²) in [7, 11) is 1.35. The van der Waals surface area contributed by atoms with Crippen molar-refractivity contribution in [1.29, 1.82) is 0 Å². The largest absolute Gasteiger partial charge is 0.469 e. The van der Waals surface area contributed by atoms with Gasteiger partial charge < -0.3 is 18.9 Å². The van der Waals surface area contributed by atoms with Crippen LogP contribution in [0.4, 0.5) is 0 Å². The molecule has 7 nitrogen and oxygen atoms in total. The number of hydrogen-bond donors (Lipinski definition) is 0. The maximum Gasteiger partial charge on any atom is 0.320 e. The standard InChI is InChI=1S/C20H24O7/c1-5-11-10(3)15(18(21)24-4)13(25-11)8-7-9-14-17-16(12(6-2)26-14)19(22)27-20(17)23/h5-8,10-17H,1-2,9H2,3-4H3. The number of carbonyl (C=O) groups excluding carboxylic acids is 3. The zero-order valence-electron chi connectivity index (χ0n) is 15.4. The first-order valence-corrected chi connectivity index (χ1v) is 8.99. The summed E-state index contributed by atoms with van der Waals surface area (Å²) in [6, 6.07) is 0. The van der Waals surface area contributed by atoms with Crippen molar-refractivity contribution in [3.63, 3.8) is 0 Å². The molecule has 8 atom stereocenters. The zero-order valence-corrected chi connectivity index (χ0v) is 15.4. The summed E-state index contributed by atoms with van der Waals surface area (Å²) in [5, 5.41) is 0. The number of esters is 3. The van der Waals surface area contributed by atoms with E-state index in [9.17, 15) is 14.4 Å². The first kappa shape index (κ1) is 19.5. The summed E-state index contributed by atoms with van der Waals surface area (Å²) in [4.78, 5) is 36.0. The molecule has 0 radical (unpaired) electrons. The average molecular weight is 376 g/mol. The molecule has 3 saturated heterocycles. The molecule has 3 fully saturated rings. The van der Waals surface area contributed by atoms with Crippen molar-refractivity contribution in [3.8, 4) is 0 Å². The molecule has 3 aliphatic rings. The van der Waals surface area contributed by atoms with Gasteiger partial charge in [0.05, 0.1) is 43.4 Å². The number of cyclic esters (lactones) is 2. The van der Waals surface area contributed by atoms with Crippen LogP contribution in [0.25, 0.3) is 0 Å². The topological polar surface area (TPSA) is 88.1 Å². The number of hydrogen-bond acceptors (Lipinski definition) is 7. The Morgan fingerprint density at radius 3 is 2.37 bits per heavy atom. The minimum absolute atomic E-state index is 0.0655. The van der Waals surface area contributed by atoms with Gasteiger partial charge in [-0.25, -0.2) is 0 Å². The van der Waals surface area contributed by atoms with Crippen molar-refractivity contribution in [3.05, 3.63) is 37.5 Å². The SMILES string of the molecule is C=CC1OC(C=CCC2OC(C=C)C3C(=O)OC(=O)C23)C(C(=O)OC)C1C.